The van der Waals surface area contributed by atoms with Gasteiger partial charge in [0.15, 0.2) is 0 Å². The third-order valence-electron chi connectivity index (χ3n) is 1.92. The van der Waals surface area contributed by atoms with Crippen molar-refractivity contribution in [2.45, 2.75) is 52.7 Å². The molecule has 0 saturated heterocycles. The molecule has 0 heterocycles. The molecule has 0 aliphatic rings. The summed E-state index contributed by atoms with van der Waals surface area (Å²) in [6.45, 7) is 9.10. The van der Waals surface area contributed by atoms with Gasteiger partial charge in [-0.2, -0.15) is 0 Å². The fourth-order valence-electron chi connectivity index (χ4n) is 1.33. The van der Waals surface area contributed by atoms with Gasteiger partial charge in [0.25, 0.3) is 0 Å². The maximum absolute atomic E-state index is 11.4. The molecule has 0 aliphatic carbocycles. The number of rotatable bonds is 6. The molecule has 0 aliphatic heterocycles. The summed E-state index contributed by atoms with van der Waals surface area (Å²) in [6.07, 6.45) is 0.484. The molecule has 5 heteroatoms. The zero-order valence-corrected chi connectivity index (χ0v) is 11.2. The van der Waals surface area contributed by atoms with Gasteiger partial charge in [0, 0.05) is 0 Å². The molecule has 1 atom stereocenters. The van der Waals surface area contributed by atoms with E-state index in [1.165, 1.54) is 0 Å². The van der Waals surface area contributed by atoms with Crippen molar-refractivity contribution in [1.82, 2.24) is 5.32 Å². The number of esters is 1. The monoisotopic (exact) mass is 245 g/mol. The van der Waals surface area contributed by atoms with Crippen LogP contribution in [-0.4, -0.2) is 35.2 Å². The van der Waals surface area contributed by atoms with E-state index in [9.17, 15) is 9.59 Å². The highest BCUT2D eigenvalue weighted by Crippen LogP contribution is 2.07. The lowest BCUT2D eigenvalue weighted by Gasteiger charge is -2.21. The van der Waals surface area contributed by atoms with E-state index in [4.69, 9.17) is 9.84 Å². The van der Waals surface area contributed by atoms with Crippen molar-refractivity contribution < 1.29 is 19.4 Å². The van der Waals surface area contributed by atoms with E-state index in [0.29, 0.717) is 6.42 Å². The zero-order valence-electron chi connectivity index (χ0n) is 11.2. The summed E-state index contributed by atoms with van der Waals surface area (Å²) in [7, 11) is 0. The van der Waals surface area contributed by atoms with Gasteiger partial charge in [0.05, 0.1) is 6.54 Å². The fraction of sp³-hybridized carbons (Fsp3) is 0.833. The first-order valence-electron chi connectivity index (χ1n) is 5.80. The van der Waals surface area contributed by atoms with Gasteiger partial charge in [0.2, 0.25) is 0 Å². The second-order valence-electron chi connectivity index (χ2n) is 5.49. The Morgan fingerprint density at radius 2 is 1.82 bits per heavy atom. The van der Waals surface area contributed by atoms with Crippen LogP contribution in [0.3, 0.4) is 0 Å². The van der Waals surface area contributed by atoms with Crippen LogP contribution in [0.2, 0.25) is 0 Å². The highest BCUT2D eigenvalue weighted by molar-refractivity contribution is 5.76. The molecule has 0 rings (SSSR count). The van der Waals surface area contributed by atoms with Crippen molar-refractivity contribution in [1.29, 1.82) is 0 Å². The minimum atomic E-state index is -0.942. The first-order chi connectivity index (χ1) is 7.61. The number of ether oxygens (including phenoxy) is 1. The van der Waals surface area contributed by atoms with Gasteiger partial charge in [0.1, 0.15) is 11.6 Å². The van der Waals surface area contributed by atoms with E-state index >= 15 is 0 Å². The van der Waals surface area contributed by atoms with Gasteiger partial charge in [-0.3, -0.25) is 14.9 Å². The molecule has 0 spiro atoms. The van der Waals surface area contributed by atoms with Crippen molar-refractivity contribution >= 4 is 11.9 Å². The molecule has 0 bridgehead atoms. The Morgan fingerprint density at radius 1 is 1.29 bits per heavy atom. The largest absolute Gasteiger partial charge is 0.480 e. The molecule has 0 aromatic carbocycles. The highest BCUT2D eigenvalue weighted by atomic mass is 16.6. The lowest BCUT2D eigenvalue weighted by molar-refractivity contribution is -0.154. The number of hydrogen-bond donors (Lipinski definition) is 2. The second kappa shape index (κ2) is 6.59. The smallest absolute Gasteiger partial charge is 0.320 e. The predicted octanol–water partition coefficient (Wildman–Crippen LogP) is 1.42. The van der Waals surface area contributed by atoms with Crippen LogP contribution < -0.4 is 5.32 Å². The lowest BCUT2D eigenvalue weighted by atomic mass is 10.0. The molecule has 0 unspecified atom stereocenters. The van der Waals surface area contributed by atoms with E-state index in [-0.39, 0.29) is 12.5 Å². The van der Waals surface area contributed by atoms with Gasteiger partial charge >= 0.3 is 11.9 Å². The first kappa shape index (κ1) is 15.9. The Morgan fingerprint density at radius 3 is 2.18 bits per heavy atom. The van der Waals surface area contributed by atoms with Gasteiger partial charge in [-0.15, -0.1) is 0 Å². The quantitative estimate of drug-likeness (QED) is 0.692. The average molecular weight is 245 g/mol. The normalized spacial score (nSPS) is 13.5. The molecule has 0 amide bonds. The number of hydrogen-bond acceptors (Lipinski definition) is 4. The Bertz CT molecular complexity index is 268. The molecule has 100 valence electrons. The lowest BCUT2D eigenvalue weighted by Crippen LogP contribution is -2.42. The second-order valence-corrected chi connectivity index (χ2v) is 5.49. The van der Waals surface area contributed by atoms with Gasteiger partial charge in [-0.05, 0) is 33.1 Å². The number of carboxylic acids is 1. The maximum atomic E-state index is 11.4. The summed E-state index contributed by atoms with van der Waals surface area (Å²) >= 11 is 0. The van der Waals surface area contributed by atoms with Crippen LogP contribution in [0.4, 0.5) is 0 Å². The molecule has 2 N–H and O–H groups in total. The van der Waals surface area contributed by atoms with Crippen LogP contribution in [0.1, 0.15) is 41.0 Å². The van der Waals surface area contributed by atoms with E-state index in [0.717, 1.165) is 0 Å². The standard InChI is InChI=1S/C12H23NO4/c1-8(2)6-9(11(15)16)13-7-10(14)17-12(3,4)5/h8-9,13H,6-7H2,1-5H3,(H,15,16)/t9-/m0/s1. The summed E-state index contributed by atoms with van der Waals surface area (Å²) in [5, 5.41) is 11.7. The number of nitrogens with one attached hydrogen (secondary N) is 1. The van der Waals surface area contributed by atoms with Crippen molar-refractivity contribution in [2.75, 3.05) is 6.54 Å². The van der Waals surface area contributed by atoms with Crippen LogP contribution in [0.15, 0.2) is 0 Å². The average Bonchev–Trinajstić information content (AvgIpc) is 2.08. The van der Waals surface area contributed by atoms with Crippen molar-refractivity contribution in [3.8, 4) is 0 Å². The molecule has 0 radical (unpaired) electrons. The zero-order chi connectivity index (χ0) is 13.6. The summed E-state index contributed by atoms with van der Waals surface area (Å²) in [5.41, 5.74) is -0.546. The van der Waals surface area contributed by atoms with Crippen molar-refractivity contribution in [2.24, 2.45) is 5.92 Å². The van der Waals surface area contributed by atoms with E-state index in [2.05, 4.69) is 5.32 Å². The van der Waals surface area contributed by atoms with Crippen LogP contribution in [0.25, 0.3) is 0 Å². The minimum Gasteiger partial charge on any atom is -0.480 e. The molecule has 0 aromatic rings. The molecular formula is C12H23NO4. The summed E-state index contributed by atoms with van der Waals surface area (Å²) in [6, 6.07) is -0.706. The summed E-state index contributed by atoms with van der Waals surface area (Å²) in [4.78, 5) is 22.3. The van der Waals surface area contributed by atoms with E-state index in [1.54, 1.807) is 20.8 Å². The predicted molar refractivity (Wildman–Crippen MR) is 64.7 cm³/mol. The third-order valence-corrected chi connectivity index (χ3v) is 1.92. The Balaban J connectivity index is 4.13. The Kier molecular flexibility index (Phi) is 6.16. The number of carboxylic acid groups (broad SMARTS) is 1. The van der Waals surface area contributed by atoms with Gasteiger partial charge < -0.3 is 9.84 Å². The number of aliphatic carboxylic acids is 1. The van der Waals surface area contributed by atoms with Crippen LogP contribution in [0, 0.1) is 5.92 Å². The van der Waals surface area contributed by atoms with E-state index in [1.807, 2.05) is 13.8 Å². The molecular weight excluding hydrogens is 222 g/mol. The van der Waals surface area contributed by atoms with E-state index < -0.39 is 23.6 Å². The molecule has 0 saturated carbocycles. The number of carbonyl (C=O) groups is 2. The van der Waals surface area contributed by atoms with Crippen molar-refractivity contribution in [3.63, 3.8) is 0 Å². The first-order valence-corrected chi connectivity index (χ1v) is 5.80. The van der Waals surface area contributed by atoms with Gasteiger partial charge in [-0.1, -0.05) is 13.8 Å². The minimum absolute atomic E-state index is 0.0824. The topological polar surface area (TPSA) is 75.6 Å². The van der Waals surface area contributed by atoms with Crippen LogP contribution in [-0.2, 0) is 14.3 Å². The highest BCUT2D eigenvalue weighted by Gasteiger charge is 2.21. The number of carbonyl (C=O) groups excluding carboxylic acids is 1. The Labute approximate surface area is 103 Å². The molecule has 0 fully saturated rings. The summed E-state index contributed by atoms with van der Waals surface area (Å²) in [5.74, 6) is -1.13. The SMILES string of the molecule is CC(C)C[C@H](NCC(=O)OC(C)(C)C)C(=O)O. The Hall–Kier alpha value is -1.10. The van der Waals surface area contributed by atoms with Crippen LogP contribution in [0.5, 0.6) is 0 Å². The molecule has 5 nitrogen and oxygen atoms in total. The van der Waals surface area contributed by atoms with Crippen LogP contribution >= 0.6 is 0 Å². The van der Waals surface area contributed by atoms with Crippen molar-refractivity contribution in [3.05, 3.63) is 0 Å². The third kappa shape index (κ3) is 8.68. The molecule has 0 aromatic heterocycles. The van der Waals surface area contributed by atoms with Gasteiger partial charge in [-0.25, -0.2) is 0 Å². The maximum Gasteiger partial charge on any atom is 0.320 e. The summed E-state index contributed by atoms with van der Waals surface area (Å²) < 4.78 is 5.08. The fourth-order valence-corrected chi connectivity index (χ4v) is 1.33. The molecule has 17 heavy (non-hydrogen) atoms.